The van der Waals surface area contributed by atoms with Gasteiger partial charge in [-0.2, -0.15) is 0 Å². The van der Waals surface area contributed by atoms with Crippen molar-refractivity contribution in [2.75, 3.05) is 0 Å². The fraction of sp³-hybridized carbons (Fsp3) is 0.0526. The van der Waals surface area contributed by atoms with E-state index in [-0.39, 0.29) is 0 Å². The first-order valence-corrected chi connectivity index (χ1v) is 9.11. The molecular formula is C19H13BrINO2. The van der Waals surface area contributed by atoms with Crippen molar-refractivity contribution < 1.29 is 9.53 Å². The molecule has 2 aromatic rings. The van der Waals surface area contributed by atoms with Crippen LogP contribution in [0.3, 0.4) is 0 Å². The van der Waals surface area contributed by atoms with E-state index in [0.717, 1.165) is 24.7 Å². The molecule has 3 rings (SSSR count). The maximum Gasteiger partial charge on any atom is 0.363 e. The molecule has 3 nitrogen and oxygen atoms in total. The lowest BCUT2D eigenvalue weighted by Gasteiger charge is -2.01. The van der Waals surface area contributed by atoms with Gasteiger partial charge in [-0.3, -0.25) is 0 Å². The second-order valence-electron chi connectivity index (χ2n) is 5.26. The van der Waals surface area contributed by atoms with Crippen LogP contribution in [0, 0.1) is 3.57 Å². The van der Waals surface area contributed by atoms with E-state index in [4.69, 9.17) is 4.74 Å². The molecule has 0 aliphatic carbocycles. The van der Waals surface area contributed by atoms with E-state index < -0.39 is 5.97 Å². The van der Waals surface area contributed by atoms with Crippen molar-refractivity contribution in [3.63, 3.8) is 0 Å². The molecule has 0 unspecified atom stereocenters. The first-order valence-electron chi connectivity index (χ1n) is 7.24. The number of benzene rings is 2. The number of hydrogen-bond acceptors (Lipinski definition) is 3. The summed E-state index contributed by atoms with van der Waals surface area (Å²) in [5.41, 5.74) is 3.08. The third-order valence-corrected chi connectivity index (χ3v) is 5.68. The largest absolute Gasteiger partial charge is 0.402 e. The number of rotatable bonds is 3. The van der Waals surface area contributed by atoms with Crippen molar-refractivity contribution in [1.29, 1.82) is 0 Å². The summed E-state index contributed by atoms with van der Waals surface area (Å²) >= 11 is 5.70. The molecule has 5 heteroatoms. The highest BCUT2D eigenvalue weighted by Gasteiger charge is 2.24. The van der Waals surface area contributed by atoms with Crippen molar-refractivity contribution in [2.24, 2.45) is 4.99 Å². The number of aliphatic imine (C=N–C) groups is 1. The summed E-state index contributed by atoms with van der Waals surface area (Å²) in [5.74, 6) is -0.101. The minimum atomic E-state index is -0.430. The van der Waals surface area contributed by atoms with Gasteiger partial charge >= 0.3 is 5.97 Å². The van der Waals surface area contributed by atoms with Gasteiger partial charge in [0.2, 0.25) is 5.90 Å². The molecule has 0 radical (unpaired) electrons. The summed E-state index contributed by atoms with van der Waals surface area (Å²) in [7, 11) is 0. The molecule has 1 aliphatic rings. The fourth-order valence-electron chi connectivity index (χ4n) is 2.23. The van der Waals surface area contributed by atoms with Gasteiger partial charge < -0.3 is 4.74 Å². The summed E-state index contributed by atoms with van der Waals surface area (Å²) in [6, 6.07) is 15.6. The average molecular weight is 494 g/mol. The van der Waals surface area contributed by atoms with E-state index in [2.05, 4.69) is 43.5 Å². The zero-order valence-electron chi connectivity index (χ0n) is 12.8. The summed E-state index contributed by atoms with van der Waals surface area (Å²) in [4.78, 5) is 16.4. The molecule has 1 aliphatic heterocycles. The van der Waals surface area contributed by atoms with Gasteiger partial charge in [0.05, 0.1) is 0 Å². The first-order chi connectivity index (χ1) is 11.5. The molecule has 1 heterocycles. The quantitative estimate of drug-likeness (QED) is 0.328. The van der Waals surface area contributed by atoms with Crippen molar-refractivity contribution in [3.8, 4) is 0 Å². The lowest BCUT2D eigenvalue weighted by Crippen LogP contribution is -2.05. The molecule has 2 aromatic carbocycles. The maximum atomic E-state index is 12.1. The number of cyclic esters (lactones) is 1. The Balaban J connectivity index is 1.88. The molecule has 0 saturated carbocycles. The van der Waals surface area contributed by atoms with E-state index in [1.54, 1.807) is 6.08 Å². The van der Waals surface area contributed by atoms with Gasteiger partial charge in [0.15, 0.2) is 5.70 Å². The zero-order valence-corrected chi connectivity index (χ0v) is 16.5. The highest BCUT2D eigenvalue weighted by atomic mass is 127. The van der Waals surface area contributed by atoms with E-state index in [1.807, 2.05) is 61.5 Å². The monoisotopic (exact) mass is 493 g/mol. The van der Waals surface area contributed by atoms with Crippen LogP contribution in [0.4, 0.5) is 0 Å². The van der Waals surface area contributed by atoms with Crippen molar-refractivity contribution in [1.82, 2.24) is 0 Å². The molecule has 0 saturated heterocycles. The third kappa shape index (κ3) is 4.02. The normalized spacial score (nSPS) is 16.3. The van der Waals surface area contributed by atoms with E-state index in [9.17, 15) is 4.79 Å². The Kier molecular flexibility index (Phi) is 5.30. The van der Waals surface area contributed by atoms with Crippen molar-refractivity contribution in [3.05, 3.63) is 85.0 Å². The van der Waals surface area contributed by atoms with Crippen LogP contribution >= 0.6 is 38.5 Å². The second kappa shape index (κ2) is 7.44. The Hall–Kier alpha value is -1.73. The number of nitrogens with zero attached hydrogens (tertiary/aromatic N) is 1. The second-order valence-corrected chi connectivity index (χ2v) is 7.28. The number of ether oxygens (including phenoxy) is 1. The van der Waals surface area contributed by atoms with Crippen LogP contribution in [-0.2, 0) is 9.53 Å². The van der Waals surface area contributed by atoms with E-state index in [1.165, 1.54) is 0 Å². The maximum absolute atomic E-state index is 12.1. The number of allylic oxidation sites excluding steroid dienone is 2. The van der Waals surface area contributed by atoms with E-state index >= 15 is 0 Å². The van der Waals surface area contributed by atoms with Crippen LogP contribution in [0.25, 0.3) is 6.08 Å². The zero-order chi connectivity index (χ0) is 17.1. The Labute approximate surface area is 162 Å². The number of esters is 1. The van der Waals surface area contributed by atoms with Crippen molar-refractivity contribution >= 4 is 56.5 Å². The molecule has 0 aromatic heterocycles. The van der Waals surface area contributed by atoms with Crippen LogP contribution in [0.2, 0.25) is 0 Å². The average Bonchev–Trinajstić information content (AvgIpc) is 2.92. The van der Waals surface area contributed by atoms with Gasteiger partial charge in [-0.05, 0) is 80.9 Å². The summed E-state index contributed by atoms with van der Waals surface area (Å²) in [6.07, 6.45) is 3.74. The predicted molar refractivity (Wildman–Crippen MR) is 108 cm³/mol. The summed E-state index contributed by atoms with van der Waals surface area (Å²) in [6.45, 7) is 1.93. The minimum Gasteiger partial charge on any atom is -0.402 e. The van der Waals surface area contributed by atoms with Gasteiger partial charge in [0, 0.05) is 13.6 Å². The van der Waals surface area contributed by atoms with Gasteiger partial charge in [-0.15, -0.1) is 0 Å². The molecular weight excluding hydrogens is 481 g/mol. The lowest BCUT2D eigenvalue weighted by molar-refractivity contribution is -0.130. The highest BCUT2D eigenvalue weighted by molar-refractivity contribution is 14.1. The van der Waals surface area contributed by atoms with Gasteiger partial charge in [0.25, 0.3) is 0 Å². The molecule has 24 heavy (non-hydrogen) atoms. The van der Waals surface area contributed by atoms with Crippen LogP contribution < -0.4 is 0 Å². The minimum absolute atomic E-state index is 0.310. The topological polar surface area (TPSA) is 38.7 Å². The Bertz CT molecular complexity index is 885. The standard InChI is InChI=1S/C19H13BrINO2/c1-12(9-13-5-3-2-4-6-13)10-17-19(23)24-18(22-17)14-7-8-16(21)15(20)11-14/h2-11H,1H3/b12-9+,17-10-. The lowest BCUT2D eigenvalue weighted by atomic mass is 10.1. The van der Waals surface area contributed by atoms with Crippen molar-refractivity contribution in [2.45, 2.75) is 6.92 Å². The van der Waals surface area contributed by atoms with Gasteiger partial charge in [-0.1, -0.05) is 36.4 Å². The van der Waals surface area contributed by atoms with Crippen LogP contribution in [-0.4, -0.2) is 11.9 Å². The highest BCUT2D eigenvalue weighted by Crippen LogP contribution is 2.24. The Morgan fingerprint density at radius 1 is 1.21 bits per heavy atom. The molecule has 0 bridgehead atoms. The summed E-state index contributed by atoms with van der Waals surface area (Å²) in [5, 5.41) is 0. The number of carbonyl (C=O) groups excluding carboxylic acids is 1. The van der Waals surface area contributed by atoms with Crippen LogP contribution in [0.1, 0.15) is 18.1 Å². The molecule has 0 atom stereocenters. The van der Waals surface area contributed by atoms with Gasteiger partial charge in [0.1, 0.15) is 0 Å². The SMILES string of the molecule is CC(/C=C1\N=C(c2ccc(I)c(Br)c2)OC1=O)=C\c1ccccc1. The Morgan fingerprint density at radius 3 is 2.67 bits per heavy atom. The molecule has 120 valence electrons. The molecule has 0 fully saturated rings. The molecule has 0 amide bonds. The number of carbonyl (C=O) groups is 1. The number of halogens is 2. The number of hydrogen-bond donors (Lipinski definition) is 0. The fourth-order valence-corrected chi connectivity index (χ4v) is 2.95. The predicted octanol–water partition coefficient (Wildman–Crippen LogP) is 5.34. The van der Waals surface area contributed by atoms with Crippen LogP contribution in [0.15, 0.2) is 75.3 Å². The smallest absolute Gasteiger partial charge is 0.363 e. The van der Waals surface area contributed by atoms with Crippen LogP contribution in [0.5, 0.6) is 0 Å². The molecule has 0 spiro atoms. The molecule has 0 N–H and O–H groups in total. The summed E-state index contributed by atoms with van der Waals surface area (Å²) < 4.78 is 7.32. The van der Waals surface area contributed by atoms with E-state index in [0.29, 0.717) is 11.6 Å². The first kappa shape index (κ1) is 17.1. The van der Waals surface area contributed by atoms with Gasteiger partial charge in [-0.25, -0.2) is 9.79 Å². The Morgan fingerprint density at radius 2 is 1.96 bits per heavy atom. The third-order valence-electron chi connectivity index (χ3n) is 3.35.